The molecule has 2 aromatic rings. The van der Waals surface area contributed by atoms with Gasteiger partial charge in [-0.15, -0.1) is 0 Å². The zero-order valence-electron chi connectivity index (χ0n) is 19.7. The minimum absolute atomic E-state index is 0.0387. The molecule has 0 heterocycles. The topological polar surface area (TPSA) is 86.8 Å². The molecular weight excluding hydrogens is 540 g/mol. The Labute approximate surface area is 220 Å². The van der Waals surface area contributed by atoms with Crippen LogP contribution in [0.2, 0.25) is 15.1 Å². The van der Waals surface area contributed by atoms with Gasteiger partial charge in [-0.25, -0.2) is 12.8 Å². The molecular formula is C23H27Cl3FN3O4S. The third-order valence-electron chi connectivity index (χ3n) is 5.09. The fourth-order valence-electron chi connectivity index (χ4n) is 3.14. The summed E-state index contributed by atoms with van der Waals surface area (Å²) in [6.07, 6.45) is 0.902. The molecule has 0 bridgehead atoms. The van der Waals surface area contributed by atoms with Crippen LogP contribution in [0.5, 0.6) is 0 Å². The second kappa shape index (κ2) is 12.3. The van der Waals surface area contributed by atoms with Crippen molar-refractivity contribution in [2.45, 2.75) is 33.4 Å². The molecule has 0 aliphatic rings. The van der Waals surface area contributed by atoms with Gasteiger partial charge in [0.2, 0.25) is 21.8 Å². The molecule has 0 aromatic heterocycles. The van der Waals surface area contributed by atoms with E-state index in [1.54, 1.807) is 6.07 Å². The molecule has 0 aliphatic carbocycles. The molecule has 0 radical (unpaired) electrons. The van der Waals surface area contributed by atoms with Crippen molar-refractivity contribution in [2.75, 3.05) is 23.7 Å². The van der Waals surface area contributed by atoms with E-state index in [1.165, 1.54) is 37.3 Å². The van der Waals surface area contributed by atoms with E-state index >= 15 is 0 Å². The van der Waals surface area contributed by atoms with E-state index in [0.717, 1.165) is 15.5 Å². The number of amides is 2. The number of benzene rings is 2. The maximum absolute atomic E-state index is 14.4. The van der Waals surface area contributed by atoms with Crippen LogP contribution in [0.1, 0.15) is 26.3 Å². The highest BCUT2D eigenvalue weighted by Crippen LogP contribution is 2.35. The lowest BCUT2D eigenvalue weighted by molar-refractivity contribution is -0.139. The number of carbonyl (C=O) groups is 2. The molecule has 1 atom stereocenters. The van der Waals surface area contributed by atoms with Gasteiger partial charge in [0.25, 0.3) is 0 Å². The minimum Gasteiger partial charge on any atom is -0.354 e. The highest BCUT2D eigenvalue weighted by atomic mass is 35.5. The summed E-state index contributed by atoms with van der Waals surface area (Å²) in [5.74, 6) is -1.60. The summed E-state index contributed by atoms with van der Waals surface area (Å²) in [6, 6.07) is 7.30. The molecule has 0 fully saturated rings. The number of hydrogen-bond acceptors (Lipinski definition) is 4. The zero-order chi connectivity index (χ0) is 26.5. The number of rotatable bonds is 10. The van der Waals surface area contributed by atoms with Crippen molar-refractivity contribution in [3.8, 4) is 0 Å². The predicted octanol–water partition coefficient (Wildman–Crippen LogP) is 4.74. The summed E-state index contributed by atoms with van der Waals surface area (Å²) in [7, 11) is -4.02. The van der Waals surface area contributed by atoms with Gasteiger partial charge >= 0.3 is 0 Å². The lowest BCUT2D eigenvalue weighted by Crippen LogP contribution is -2.51. The van der Waals surface area contributed by atoms with Crippen LogP contribution in [0.4, 0.5) is 10.1 Å². The van der Waals surface area contributed by atoms with Gasteiger partial charge in [-0.05, 0) is 31.0 Å². The molecule has 7 nitrogen and oxygen atoms in total. The summed E-state index contributed by atoms with van der Waals surface area (Å²) < 4.78 is 40.4. The number of halogens is 4. The minimum atomic E-state index is -4.02. The van der Waals surface area contributed by atoms with Crippen LogP contribution in [-0.2, 0) is 26.2 Å². The van der Waals surface area contributed by atoms with Crippen molar-refractivity contribution in [3.05, 3.63) is 62.8 Å². The molecule has 2 rings (SSSR count). The predicted molar refractivity (Wildman–Crippen MR) is 138 cm³/mol. The van der Waals surface area contributed by atoms with Crippen molar-refractivity contribution in [1.29, 1.82) is 0 Å². The summed E-state index contributed by atoms with van der Waals surface area (Å²) >= 11 is 18.2. The maximum atomic E-state index is 14.4. The number of nitrogens with zero attached hydrogens (tertiary/aromatic N) is 2. The SMILES string of the molecule is CC(C)CNC(=O)[C@H](C)N(Cc1ccccc1F)C(=O)CN(c1cc(Cl)c(Cl)cc1Cl)S(C)(=O)=O. The lowest BCUT2D eigenvalue weighted by atomic mass is 10.1. The molecule has 2 aromatic carbocycles. The smallest absolute Gasteiger partial charge is 0.244 e. The first-order valence-electron chi connectivity index (χ1n) is 10.6. The average molecular weight is 567 g/mol. The van der Waals surface area contributed by atoms with Gasteiger partial charge in [0.15, 0.2) is 0 Å². The van der Waals surface area contributed by atoms with E-state index in [9.17, 15) is 22.4 Å². The molecule has 0 unspecified atom stereocenters. The van der Waals surface area contributed by atoms with Crippen LogP contribution in [-0.4, -0.2) is 50.5 Å². The second-order valence-corrected chi connectivity index (χ2v) is 11.5. The van der Waals surface area contributed by atoms with E-state index in [-0.39, 0.29) is 38.8 Å². The van der Waals surface area contributed by atoms with E-state index in [2.05, 4.69) is 5.32 Å². The fourth-order valence-corrected chi connectivity index (χ4v) is 4.69. The average Bonchev–Trinajstić information content (AvgIpc) is 2.76. The molecule has 0 saturated heterocycles. The van der Waals surface area contributed by atoms with Crippen molar-refractivity contribution in [1.82, 2.24) is 10.2 Å². The van der Waals surface area contributed by atoms with Crippen LogP contribution in [0.3, 0.4) is 0 Å². The Morgan fingerprint density at radius 2 is 1.63 bits per heavy atom. The number of nitrogens with one attached hydrogen (secondary N) is 1. The van der Waals surface area contributed by atoms with Gasteiger partial charge in [0, 0.05) is 18.7 Å². The molecule has 0 spiro atoms. The zero-order valence-corrected chi connectivity index (χ0v) is 22.8. The van der Waals surface area contributed by atoms with Crippen LogP contribution in [0.15, 0.2) is 36.4 Å². The number of carbonyl (C=O) groups excluding carboxylic acids is 2. The van der Waals surface area contributed by atoms with E-state index in [1.807, 2.05) is 13.8 Å². The Morgan fingerprint density at radius 3 is 2.20 bits per heavy atom. The molecule has 2 amide bonds. The number of hydrogen-bond donors (Lipinski definition) is 1. The Morgan fingerprint density at radius 1 is 1.03 bits per heavy atom. The molecule has 0 saturated carbocycles. The maximum Gasteiger partial charge on any atom is 0.244 e. The normalized spacial score (nSPS) is 12.4. The Kier molecular flexibility index (Phi) is 10.2. The Hall–Kier alpha value is -2.07. The largest absolute Gasteiger partial charge is 0.354 e. The lowest BCUT2D eigenvalue weighted by Gasteiger charge is -2.32. The first-order valence-corrected chi connectivity index (χ1v) is 13.6. The summed E-state index contributed by atoms with van der Waals surface area (Å²) in [4.78, 5) is 27.3. The fraction of sp³-hybridized carbons (Fsp3) is 0.391. The van der Waals surface area contributed by atoms with Gasteiger partial charge in [0.05, 0.1) is 27.0 Å². The van der Waals surface area contributed by atoms with Gasteiger partial charge in [-0.3, -0.25) is 13.9 Å². The van der Waals surface area contributed by atoms with Gasteiger partial charge in [-0.2, -0.15) is 0 Å². The highest BCUT2D eigenvalue weighted by molar-refractivity contribution is 7.92. The van der Waals surface area contributed by atoms with Crippen LogP contribution >= 0.6 is 34.8 Å². The van der Waals surface area contributed by atoms with Crippen LogP contribution in [0, 0.1) is 11.7 Å². The Bertz CT molecular complexity index is 1190. The number of sulfonamides is 1. The number of anilines is 1. The summed E-state index contributed by atoms with van der Waals surface area (Å²) in [5, 5.41) is 2.85. The molecule has 192 valence electrons. The summed E-state index contributed by atoms with van der Waals surface area (Å²) in [6.45, 7) is 4.74. The monoisotopic (exact) mass is 565 g/mol. The highest BCUT2D eigenvalue weighted by Gasteiger charge is 2.31. The van der Waals surface area contributed by atoms with Crippen LogP contribution < -0.4 is 9.62 Å². The second-order valence-electron chi connectivity index (χ2n) is 8.42. The van der Waals surface area contributed by atoms with Crippen molar-refractivity contribution >= 4 is 62.3 Å². The van der Waals surface area contributed by atoms with E-state index < -0.39 is 40.2 Å². The third kappa shape index (κ3) is 7.96. The van der Waals surface area contributed by atoms with Crippen molar-refractivity contribution in [3.63, 3.8) is 0 Å². The summed E-state index contributed by atoms with van der Waals surface area (Å²) in [5.41, 5.74) is 0.113. The van der Waals surface area contributed by atoms with Crippen molar-refractivity contribution < 1.29 is 22.4 Å². The Balaban J connectivity index is 2.45. The molecule has 35 heavy (non-hydrogen) atoms. The first kappa shape index (κ1) is 29.2. The quantitative estimate of drug-likeness (QED) is 0.421. The third-order valence-corrected chi connectivity index (χ3v) is 7.24. The standard InChI is InChI=1S/C23H27Cl3FN3O4S/c1-14(2)11-28-23(32)15(3)29(12-16-7-5-6-8-20(16)27)22(31)13-30(35(4,33)34)21-10-18(25)17(24)9-19(21)26/h5-10,14-15H,11-13H2,1-4H3,(H,28,32)/t15-/m0/s1. The van der Waals surface area contributed by atoms with Crippen LogP contribution in [0.25, 0.3) is 0 Å². The van der Waals surface area contributed by atoms with E-state index in [4.69, 9.17) is 34.8 Å². The molecule has 0 aliphatic heterocycles. The molecule has 12 heteroatoms. The molecule has 1 N–H and O–H groups in total. The van der Waals surface area contributed by atoms with Crippen molar-refractivity contribution in [2.24, 2.45) is 5.92 Å². The first-order chi connectivity index (χ1) is 16.2. The van der Waals surface area contributed by atoms with E-state index in [0.29, 0.717) is 6.54 Å². The van der Waals surface area contributed by atoms with Gasteiger partial charge < -0.3 is 10.2 Å². The van der Waals surface area contributed by atoms with Gasteiger partial charge in [-0.1, -0.05) is 66.8 Å². The van der Waals surface area contributed by atoms with Gasteiger partial charge in [0.1, 0.15) is 18.4 Å².